The molecule has 0 spiro atoms. The molecule has 1 aromatic heterocycles. The van der Waals surface area contributed by atoms with Gasteiger partial charge >= 0.3 is 5.70 Å². The summed E-state index contributed by atoms with van der Waals surface area (Å²) >= 11 is 0. The molecule has 0 saturated carbocycles. The van der Waals surface area contributed by atoms with E-state index in [4.69, 9.17) is 9.81 Å². The van der Waals surface area contributed by atoms with Crippen molar-refractivity contribution in [3.8, 4) is 0 Å². The Morgan fingerprint density at radius 1 is 1.69 bits per heavy atom. The number of aliphatic hydroxyl groups excluding tert-OH is 2. The Kier molecular flexibility index (Phi) is 3.80. The van der Waals surface area contributed by atoms with Crippen molar-refractivity contribution >= 4 is 5.78 Å². The smallest absolute Gasteiger partial charge is 0.463 e. The minimum absolute atomic E-state index is 0.224. The normalized spacial score (nSPS) is 13.8. The van der Waals surface area contributed by atoms with Gasteiger partial charge in [0.15, 0.2) is 10.7 Å². The summed E-state index contributed by atoms with van der Waals surface area (Å²) in [4.78, 5) is 13.6. The molecule has 16 heavy (non-hydrogen) atoms. The molecular weight excluding hydrogens is 212 g/mol. The minimum Gasteiger partial charge on any atom is -0.505 e. The number of hydrogen-bond acceptors (Lipinski definition) is 5. The van der Waals surface area contributed by atoms with Gasteiger partial charge in [-0.2, -0.15) is 0 Å². The molecule has 0 bridgehead atoms. The van der Waals surface area contributed by atoms with Crippen LogP contribution in [-0.2, 0) is 4.79 Å². The SMILES string of the molecule is CC(=O)/C([N+]#N)=C(\O)CC(O)c1ccoc1. The highest BCUT2D eigenvalue weighted by molar-refractivity contribution is 5.95. The Bertz CT molecular complexity index is 442. The number of rotatable bonds is 4. The summed E-state index contributed by atoms with van der Waals surface area (Å²) in [6.07, 6.45) is 1.46. The van der Waals surface area contributed by atoms with E-state index in [0.29, 0.717) is 5.56 Å². The average molecular weight is 223 g/mol. The number of carbonyl (C=O) groups is 1. The summed E-state index contributed by atoms with van der Waals surface area (Å²) in [6.45, 7) is 1.15. The van der Waals surface area contributed by atoms with Gasteiger partial charge in [0, 0.05) is 18.9 Å². The van der Waals surface area contributed by atoms with Gasteiger partial charge in [-0.3, -0.25) is 4.79 Å². The zero-order chi connectivity index (χ0) is 12.1. The van der Waals surface area contributed by atoms with E-state index in [9.17, 15) is 15.0 Å². The molecule has 0 radical (unpaired) electrons. The van der Waals surface area contributed by atoms with Crippen LogP contribution in [-0.4, -0.2) is 16.0 Å². The predicted octanol–water partition coefficient (Wildman–Crippen LogP) is 1.91. The number of allylic oxidation sites excluding steroid dienone is 1. The maximum Gasteiger partial charge on any atom is 0.463 e. The summed E-state index contributed by atoms with van der Waals surface area (Å²) in [5.41, 5.74) is 0.00920. The van der Waals surface area contributed by atoms with Crippen molar-refractivity contribution in [2.45, 2.75) is 19.4 Å². The fourth-order valence-corrected chi connectivity index (χ4v) is 1.19. The molecule has 6 heteroatoms. The molecule has 0 fully saturated rings. The van der Waals surface area contributed by atoms with Gasteiger partial charge in [0.05, 0.1) is 18.6 Å². The van der Waals surface area contributed by atoms with Crippen LogP contribution in [0.5, 0.6) is 0 Å². The van der Waals surface area contributed by atoms with Crippen molar-refractivity contribution in [3.63, 3.8) is 0 Å². The van der Waals surface area contributed by atoms with Crippen LogP contribution in [0.2, 0.25) is 0 Å². The van der Waals surface area contributed by atoms with Crippen molar-refractivity contribution < 1.29 is 19.4 Å². The van der Waals surface area contributed by atoms with E-state index in [2.05, 4.69) is 4.98 Å². The summed E-state index contributed by atoms with van der Waals surface area (Å²) in [5.74, 6) is -1.05. The molecule has 0 aromatic carbocycles. The van der Waals surface area contributed by atoms with Gasteiger partial charge in [0.1, 0.15) is 0 Å². The molecule has 0 saturated heterocycles. The van der Waals surface area contributed by atoms with Gasteiger partial charge in [0.25, 0.3) is 5.78 Å². The Balaban J connectivity index is 2.82. The highest BCUT2D eigenvalue weighted by atomic mass is 16.3. The van der Waals surface area contributed by atoms with Crippen molar-refractivity contribution in [1.82, 2.24) is 0 Å². The second-order valence-electron chi connectivity index (χ2n) is 3.23. The lowest BCUT2D eigenvalue weighted by Gasteiger charge is -2.04. The first-order valence-electron chi connectivity index (χ1n) is 4.54. The minimum atomic E-state index is -1.02. The van der Waals surface area contributed by atoms with E-state index >= 15 is 0 Å². The summed E-state index contributed by atoms with van der Waals surface area (Å²) in [5, 5.41) is 27.6. The summed E-state index contributed by atoms with van der Waals surface area (Å²) in [6, 6.07) is 1.53. The number of hydrogen-bond donors (Lipinski definition) is 2. The molecule has 0 aliphatic rings. The van der Waals surface area contributed by atoms with Crippen molar-refractivity contribution in [3.05, 3.63) is 40.6 Å². The monoisotopic (exact) mass is 223 g/mol. The van der Waals surface area contributed by atoms with Crippen LogP contribution >= 0.6 is 0 Å². The van der Waals surface area contributed by atoms with E-state index < -0.39 is 23.3 Å². The van der Waals surface area contributed by atoms with E-state index in [1.54, 1.807) is 0 Å². The lowest BCUT2D eigenvalue weighted by molar-refractivity contribution is -0.113. The molecule has 1 atom stereocenters. The van der Waals surface area contributed by atoms with Crippen LogP contribution in [0.15, 0.2) is 34.5 Å². The molecular formula is C10H11N2O4+. The Labute approximate surface area is 91.4 Å². The molecule has 0 aliphatic heterocycles. The lowest BCUT2D eigenvalue weighted by Crippen LogP contribution is -2.03. The van der Waals surface area contributed by atoms with E-state index in [0.717, 1.165) is 6.92 Å². The average Bonchev–Trinajstić information content (AvgIpc) is 2.70. The van der Waals surface area contributed by atoms with Gasteiger partial charge in [-0.25, -0.2) is 0 Å². The van der Waals surface area contributed by atoms with Crippen LogP contribution in [0.1, 0.15) is 25.0 Å². The molecule has 0 amide bonds. The molecule has 1 unspecified atom stereocenters. The third-order valence-electron chi connectivity index (χ3n) is 2.02. The van der Waals surface area contributed by atoms with Crippen molar-refractivity contribution in [2.75, 3.05) is 0 Å². The molecule has 84 valence electrons. The maximum absolute atomic E-state index is 10.9. The van der Waals surface area contributed by atoms with Crippen LogP contribution in [0.3, 0.4) is 0 Å². The quantitative estimate of drug-likeness (QED) is 0.461. The number of ketones is 1. The number of Topliss-reactive ketones (excluding diaryl/α,β-unsaturated/α-hetero) is 1. The topological polar surface area (TPSA) is 98.8 Å². The molecule has 6 nitrogen and oxygen atoms in total. The third-order valence-corrected chi connectivity index (χ3v) is 2.02. The Hall–Kier alpha value is -2.13. The third kappa shape index (κ3) is 2.68. The van der Waals surface area contributed by atoms with Crippen LogP contribution in [0.25, 0.3) is 4.98 Å². The molecule has 1 heterocycles. The van der Waals surface area contributed by atoms with E-state index in [1.807, 2.05) is 0 Å². The Morgan fingerprint density at radius 3 is 2.81 bits per heavy atom. The second kappa shape index (κ2) is 5.09. The van der Waals surface area contributed by atoms with Gasteiger partial charge in [-0.1, -0.05) is 0 Å². The number of aliphatic hydroxyl groups is 2. The van der Waals surface area contributed by atoms with Crippen LogP contribution in [0.4, 0.5) is 0 Å². The van der Waals surface area contributed by atoms with Gasteiger partial charge in [-0.15, -0.1) is 0 Å². The van der Waals surface area contributed by atoms with Crippen molar-refractivity contribution in [1.29, 1.82) is 5.39 Å². The van der Waals surface area contributed by atoms with Crippen LogP contribution in [0, 0.1) is 5.39 Å². The standard InChI is InChI=1S/C10H10N2O4/c1-6(13)10(12-11)9(15)4-8(14)7-2-3-16-5-7/h2-3,5,8,14H,4H2,1H3/p+1. The first-order valence-corrected chi connectivity index (χ1v) is 4.54. The van der Waals surface area contributed by atoms with Gasteiger partial charge < -0.3 is 14.6 Å². The maximum atomic E-state index is 10.9. The highest BCUT2D eigenvalue weighted by Gasteiger charge is 2.26. The molecule has 0 aliphatic carbocycles. The van der Waals surface area contributed by atoms with Crippen molar-refractivity contribution in [2.24, 2.45) is 0 Å². The summed E-state index contributed by atoms with van der Waals surface area (Å²) < 4.78 is 4.75. The van der Waals surface area contributed by atoms with Gasteiger partial charge in [-0.05, 0) is 6.07 Å². The second-order valence-corrected chi connectivity index (χ2v) is 3.23. The fraction of sp³-hybridized carbons (Fsp3) is 0.300. The molecule has 1 aromatic rings. The lowest BCUT2D eigenvalue weighted by atomic mass is 10.1. The summed E-state index contributed by atoms with van der Waals surface area (Å²) in [7, 11) is 0. The zero-order valence-corrected chi connectivity index (χ0v) is 8.62. The molecule has 1 rings (SSSR count). The predicted molar refractivity (Wildman–Crippen MR) is 53.7 cm³/mol. The highest BCUT2D eigenvalue weighted by Crippen LogP contribution is 2.22. The largest absolute Gasteiger partial charge is 0.505 e. The Morgan fingerprint density at radius 2 is 2.38 bits per heavy atom. The number of diazo groups is 1. The molecule has 2 N–H and O–H groups in total. The first kappa shape index (κ1) is 11.9. The fourth-order valence-electron chi connectivity index (χ4n) is 1.19. The van der Waals surface area contributed by atoms with E-state index in [-0.39, 0.29) is 6.42 Å². The number of furan rings is 1. The van der Waals surface area contributed by atoms with Gasteiger partial charge in [0.2, 0.25) is 5.39 Å². The number of nitrogens with zero attached hydrogens (tertiary/aromatic N) is 2. The number of carbonyl (C=O) groups excluding carboxylic acids is 1. The van der Waals surface area contributed by atoms with Crippen LogP contribution < -0.4 is 0 Å². The zero-order valence-electron chi connectivity index (χ0n) is 8.62. The van der Waals surface area contributed by atoms with E-state index in [1.165, 1.54) is 18.6 Å². The first-order chi connectivity index (χ1) is 7.56.